The van der Waals surface area contributed by atoms with Gasteiger partial charge in [-0.25, -0.2) is 0 Å². The van der Waals surface area contributed by atoms with Crippen LogP contribution < -0.4 is 0 Å². The lowest BCUT2D eigenvalue weighted by atomic mass is 9.90. The first kappa shape index (κ1) is 12.8. The van der Waals surface area contributed by atoms with Crippen LogP contribution in [0.4, 0.5) is 0 Å². The number of hydrogen-bond acceptors (Lipinski definition) is 3. The monoisotopic (exact) mass is 241 g/mol. The molecule has 2 rings (SSSR count). The van der Waals surface area contributed by atoms with Gasteiger partial charge in [-0.1, -0.05) is 12.8 Å². The standard InChI is InChI=1S/C13H23NO3/c1-10(15)6-7-13(16)14-8-9-17-12-5-3-2-4-11(12)14/h10-12,15H,2-9H2,1H3. The molecule has 98 valence electrons. The average Bonchev–Trinajstić information content (AvgIpc) is 2.35. The summed E-state index contributed by atoms with van der Waals surface area (Å²) in [5.41, 5.74) is 0. The zero-order valence-electron chi connectivity index (χ0n) is 10.6. The summed E-state index contributed by atoms with van der Waals surface area (Å²) in [5, 5.41) is 9.24. The number of hydrogen-bond donors (Lipinski definition) is 1. The maximum absolute atomic E-state index is 12.1. The minimum atomic E-state index is -0.387. The number of aliphatic hydroxyl groups is 1. The molecule has 0 aromatic rings. The molecule has 1 aliphatic carbocycles. The molecule has 1 aliphatic heterocycles. The van der Waals surface area contributed by atoms with Crippen LogP contribution in [0.15, 0.2) is 0 Å². The summed E-state index contributed by atoms with van der Waals surface area (Å²) in [7, 11) is 0. The fourth-order valence-corrected chi connectivity index (χ4v) is 2.88. The summed E-state index contributed by atoms with van der Waals surface area (Å²) in [4.78, 5) is 14.1. The first-order chi connectivity index (χ1) is 8.18. The van der Waals surface area contributed by atoms with Gasteiger partial charge in [0.05, 0.1) is 24.9 Å². The van der Waals surface area contributed by atoms with Gasteiger partial charge in [-0.15, -0.1) is 0 Å². The van der Waals surface area contributed by atoms with E-state index in [1.165, 1.54) is 12.8 Å². The van der Waals surface area contributed by atoms with Gasteiger partial charge < -0.3 is 14.7 Å². The van der Waals surface area contributed by atoms with Crippen LogP contribution in [0.25, 0.3) is 0 Å². The lowest BCUT2D eigenvalue weighted by Crippen LogP contribution is -2.54. The highest BCUT2D eigenvalue weighted by atomic mass is 16.5. The number of fused-ring (bicyclic) bond motifs is 1. The average molecular weight is 241 g/mol. The van der Waals surface area contributed by atoms with Crippen LogP contribution in [0.2, 0.25) is 0 Å². The summed E-state index contributed by atoms with van der Waals surface area (Å²) >= 11 is 0. The third-order valence-corrected chi connectivity index (χ3v) is 3.83. The quantitative estimate of drug-likeness (QED) is 0.810. The van der Waals surface area contributed by atoms with E-state index in [1.807, 2.05) is 4.90 Å². The van der Waals surface area contributed by atoms with E-state index in [2.05, 4.69) is 0 Å². The molecule has 3 atom stereocenters. The molecule has 0 aromatic carbocycles. The molecular weight excluding hydrogens is 218 g/mol. The molecule has 1 saturated carbocycles. The summed E-state index contributed by atoms with van der Waals surface area (Å²) in [6.45, 7) is 3.12. The Kier molecular flexibility index (Phi) is 4.40. The first-order valence-corrected chi connectivity index (χ1v) is 6.77. The van der Waals surface area contributed by atoms with Crippen molar-refractivity contribution in [3.05, 3.63) is 0 Å². The molecule has 1 saturated heterocycles. The normalized spacial score (nSPS) is 30.8. The van der Waals surface area contributed by atoms with Crippen molar-refractivity contribution in [2.24, 2.45) is 0 Å². The van der Waals surface area contributed by atoms with Gasteiger partial charge in [0.25, 0.3) is 0 Å². The van der Waals surface area contributed by atoms with Gasteiger partial charge in [-0.05, 0) is 26.2 Å². The number of nitrogens with zero attached hydrogens (tertiary/aromatic N) is 1. The van der Waals surface area contributed by atoms with E-state index in [0.29, 0.717) is 25.5 Å². The van der Waals surface area contributed by atoms with Crippen LogP contribution in [-0.4, -0.2) is 47.3 Å². The van der Waals surface area contributed by atoms with Crippen molar-refractivity contribution < 1.29 is 14.6 Å². The highest BCUT2D eigenvalue weighted by molar-refractivity contribution is 5.76. The summed E-state index contributed by atoms with van der Waals surface area (Å²) < 4.78 is 5.74. The van der Waals surface area contributed by atoms with Crippen LogP contribution in [0.1, 0.15) is 45.4 Å². The number of carbonyl (C=O) groups excluding carboxylic acids is 1. The zero-order chi connectivity index (χ0) is 12.3. The van der Waals surface area contributed by atoms with Gasteiger partial charge >= 0.3 is 0 Å². The van der Waals surface area contributed by atoms with Crippen LogP contribution in [-0.2, 0) is 9.53 Å². The second-order valence-electron chi connectivity index (χ2n) is 5.24. The number of amides is 1. The predicted molar refractivity (Wildman–Crippen MR) is 64.6 cm³/mol. The Labute approximate surface area is 103 Å². The van der Waals surface area contributed by atoms with E-state index in [-0.39, 0.29) is 18.1 Å². The van der Waals surface area contributed by atoms with Crippen molar-refractivity contribution in [1.29, 1.82) is 0 Å². The molecule has 2 aliphatic rings. The third kappa shape index (κ3) is 3.19. The Balaban J connectivity index is 1.91. The number of ether oxygens (including phenoxy) is 1. The first-order valence-electron chi connectivity index (χ1n) is 6.77. The molecule has 17 heavy (non-hydrogen) atoms. The second-order valence-corrected chi connectivity index (χ2v) is 5.24. The van der Waals surface area contributed by atoms with E-state index in [4.69, 9.17) is 4.74 Å². The molecule has 1 amide bonds. The molecule has 3 unspecified atom stereocenters. The van der Waals surface area contributed by atoms with Gasteiger partial charge in [-0.2, -0.15) is 0 Å². The Bertz CT molecular complexity index is 265. The van der Waals surface area contributed by atoms with Crippen molar-refractivity contribution in [3.63, 3.8) is 0 Å². The number of carbonyl (C=O) groups is 1. The van der Waals surface area contributed by atoms with Gasteiger partial charge in [0.15, 0.2) is 0 Å². The molecule has 1 heterocycles. The van der Waals surface area contributed by atoms with Crippen LogP contribution >= 0.6 is 0 Å². The molecule has 0 spiro atoms. The topological polar surface area (TPSA) is 49.8 Å². The van der Waals surface area contributed by atoms with Gasteiger partial charge in [-0.3, -0.25) is 4.79 Å². The summed E-state index contributed by atoms with van der Waals surface area (Å²) in [6.07, 6.45) is 5.47. The lowest BCUT2D eigenvalue weighted by molar-refractivity contribution is -0.150. The maximum Gasteiger partial charge on any atom is 0.223 e. The van der Waals surface area contributed by atoms with Gasteiger partial charge in [0.2, 0.25) is 5.91 Å². The highest BCUT2D eigenvalue weighted by Gasteiger charge is 2.36. The summed E-state index contributed by atoms with van der Waals surface area (Å²) in [5.74, 6) is 0.186. The molecule has 1 N–H and O–H groups in total. The fourth-order valence-electron chi connectivity index (χ4n) is 2.88. The van der Waals surface area contributed by atoms with Crippen LogP contribution in [0, 0.1) is 0 Å². The maximum atomic E-state index is 12.1. The molecule has 4 heteroatoms. The number of rotatable bonds is 3. The Hall–Kier alpha value is -0.610. The largest absolute Gasteiger partial charge is 0.393 e. The number of aliphatic hydroxyl groups excluding tert-OH is 1. The molecular formula is C13H23NO3. The van der Waals surface area contributed by atoms with Crippen molar-refractivity contribution in [3.8, 4) is 0 Å². The smallest absolute Gasteiger partial charge is 0.223 e. The predicted octanol–water partition coefficient (Wildman–Crippen LogP) is 1.32. The van der Waals surface area contributed by atoms with Gasteiger partial charge in [0.1, 0.15) is 0 Å². The molecule has 0 bridgehead atoms. The Morgan fingerprint density at radius 2 is 2.24 bits per heavy atom. The van der Waals surface area contributed by atoms with E-state index in [0.717, 1.165) is 19.4 Å². The fraction of sp³-hybridized carbons (Fsp3) is 0.923. The SMILES string of the molecule is CC(O)CCC(=O)N1CCOC2CCCCC21. The molecule has 2 fully saturated rings. The zero-order valence-corrected chi connectivity index (χ0v) is 10.6. The van der Waals surface area contributed by atoms with Crippen molar-refractivity contribution in [2.45, 2.75) is 63.7 Å². The minimum absolute atomic E-state index is 0.186. The Morgan fingerprint density at radius 3 is 3.00 bits per heavy atom. The molecule has 0 radical (unpaired) electrons. The van der Waals surface area contributed by atoms with Crippen LogP contribution in [0.3, 0.4) is 0 Å². The number of morpholine rings is 1. The molecule has 4 nitrogen and oxygen atoms in total. The molecule has 0 aromatic heterocycles. The second kappa shape index (κ2) is 5.83. The van der Waals surface area contributed by atoms with Gasteiger partial charge in [0, 0.05) is 13.0 Å². The van der Waals surface area contributed by atoms with E-state index in [9.17, 15) is 9.90 Å². The van der Waals surface area contributed by atoms with E-state index >= 15 is 0 Å². The van der Waals surface area contributed by atoms with Crippen molar-refractivity contribution in [1.82, 2.24) is 4.90 Å². The van der Waals surface area contributed by atoms with Crippen molar-refractivity contribution >= 4 is 5.91 Å². The van der Waals surface area contributed by atoms with E-state index in [1.54, 1.807) is 6.92 Å². The Morgan fingerprint density at radius 1 is 1.47 bits per heavy atom. The summed E-state index contributed by atoms with van der Waals surface area (Å²) in [6, 6.07) is 0.291. The van der Waals surface area contributed by atoms with Crippen molar-refractivity contribution in [2.75, 3.05) is 13.2 Å². The van der Waals surface area contributed by atoms with Crippen LogP contribution in [0.5, 0.6) is 0 Å². The highest BCUT2D eigenvalue weighted by Crippen LogP contribution is 2.28. The third-order valence-electron chi connectivity index (χ3n) is 3.83. The lowest BCUT2D eigenvalue weighted by Gasteiger charge is -2.44. The van der Waals surface area contributed by atoms with E-state index < -0.39 is 0 Å². The minimum Gasteiger partial charge on any atom is -0.393 e.